The van der Waals surface area contributed by atoms with Crippen LogP contribution in [-0.4, -0.2) is 15.5 Å². The van der Waals surface area contributed by atoms with Crippen molar-refractivity contribution in [3.05, 3.63) is 86.8 Å². The first-order valence-corrected chi connectivity index (χ1v) is 9.32. The molecule has 0 bridgehead atoms. The second kappa shape index (κ2) is 8.96. The number of aryl methyl sites for hydroxylation is 1. The van der Waals surface area contributed by atoms with Gasteiger partial charge in [-0.05, 0) is 36.2 Å². The van der Waals surface area contributed by atoms with Crippen LogP contribution < -0.4 is 10.9 Å². The number of rotatable bonds is 6. The first kappa shape index (κ1) is 20.7. The van der Waals surface area contributed by atoms with Gasteiger partial charge in [0.05, 0.1) is 5.02 Å². The molecule has 1 N–H and O–H groups in total. The molecule has 0 saturated heterocycles. The van der Waals surface area contributed by atoms with Gasteiger partial charge in [-0.2, -0.15) is 0 Å². The van der Waals surface area contributed by atoms with E-state index in [1.165, 1.54) is 47.0 Å². The fourth-order valence-corrected chi connectivity index (χ4v) is 2.99. The maximum Gasteiger partial charge on any atom is 0.254 e. The lowest BCUT2D eigenvalue weighted by atomic mass is 10.2. The second-order valence-electron chi connectivity index (χ2n) is 6.38. The number of aromatic nitrogens is 2. The van der Waals surface area contributed by atoms with Crippen LogP contribution in [0.4, 0.5) is 8.78 Å². The molecule has 29 heavy (non-hydrogen) atoms. The number of hydrogen-bond acceptors (Lipinski definition) is 3. The Kier molecular flexibility index (Phi) is 6.39. The van der Waals surface area contributed by atoms with Crippen molar-refractivity contribution in [1.29, 1.82) is 0 Å². The Labute approximate surface area is 171 Å². The van der Waals surface area contributed by atoms with Crippen LogP contribution in [0.3, 0.4) is 0 Å². The molecular weight excluding hydrogens is 400 g/mol. The SMILES string of the molecule is CCc1cc(=O)n(CC(=O)NCc2ccc(F)c(Cl)c2)c(-c2cccc(F)c2)n1. The summed E-state index contributed by atoms with van der Waals surface area (Å²) in [5.41, 5.74) is 1.15. The molecule has 5 nitrogen and oxygen atoms in total. The van der Waals surface area contributed by atoms with E-state index >= 15 is 0 Å². The third kappa shape index (κ3) is 5.06. The third-order valence-electron chi connectivity index (χ3n) is 4.28. The van der Waals surface area contributed by atoms with Gasteiger partial charge in [-0.15, -0.1) is 0 Å². The van der Waals surface area contributed by atoms with E-state index in [9.17, 15) is 18.4 Å². The number of nitrogens with zero attached hydrogens (tertiary/aromatic N) is 2. The molecule has 3 rings (SSSR count). The van der Waals surface area contributed by atoms with Crippen LogP contribution in [0.15, 0.2) is 53.3 Å². The van der Waals surface area contributed by atoms with Gasteiger partial charge < -0.3 is 5.32 Å². The van der Waals surface area contributed by atoms with Crippen molar-refractivity contribution in [2.75, 3.05) is 0 Å². The van der Waals surface area contributed by atoms with Crippen LogP contribution in [0, 0.1) is 11.6 Å². The van der Waals surface area contributed by atoms with E-state index < -0.39 is 23.1 Å². The van der Waals surface area contributed by atoms with Gasteiger partial charge >= 0.3 is 0 Å². The van der Waals surface area contributed by atoms with Crippen LogP contribution in [0.5, 0.6) is 0 Å². The zero-order valence-corrected chi connectivity index (χ0v) is 16.3. The van der Waals surface area contributed by atoms with Crippen molar-refractivity contribution in [3.8, 4) is 11.4 Å². The average Bonchev–Trinajstić information content (AvgIpc) is 2.70. The number of carbonyl (C=O) groups excluding carboxylic acids is 1. The molecule has 0 atom stereocenters. The predicted molar refractivity (Wildman–Crippen MR) is 107 cm³/mol. The molecule has 2 aromatic carbocycles. The van der Waals surface area contributed by atoms with Gasteiger partial charge in [-0.25, -0.2) is 13.8 Å². The molecule has 0 fully saturated rings. The van der Waals surface area contributed by atoms with Crippen LogP contribution in [0.1, 0.15) is 18.2 Å². The Balaban J connectivity index is 1.84. The summed E-state index contributed by atoms with van der Waals surface area (Å²) in [6, 6.07) is 11.2. The molecular formula is C21H18ClF2N3O2. The first-order chi connectivity index (χ1) is 13.9. The quantitative estimate of drug-likeness (QED) is 0.664. The summed E-state index contributed by atoms with van der Waals surface area (Å²) in [6.07, 6.45) is 0.524. The van der Waals surface area contributed by atoms with Crippen molar-refractivity contribution in [2.24, 2.45) is 0 Å². The summed E-state index contributed by atoms with van der Waals surface area (Å²) in [5.74, 6) is -1.25. The van der Waals surface area contributed by atoms with E-state index in [1.807, 2.05) is 6.92 Å². The highest BCUT2D eigenvalue weighted by Crippen LogP contribution is 2.18. The van der Waals surface area contributed by atoms with E-state index in [-0.39, 0.29) is 23.9 Å². The number of hydrogen-bond donors (Lipinski definition) is 1. The van der Waals surface area contributed by atoms with Gasteiger partial charge in [-0.1, -0.05) is 36.7 Å². The number of halogens is 3. The van der Waals surface area contributed by atoms with Gasteiger partial charge in [0.1, 0.15) is 24.0 Å². The summed E-state index contributed by atoms with van der Waals surface area (Å²) in [7, 11) is 0. The fraction of sp³-hybridized carbons (Fsp3) is 0.190. The first-order valence-electron chi connectivity index (χ1n) is 8.94. The normalized spacial score (nSPS) is 10.8. The molecule has 0 aliphatic rings. The molecule has 8 heteroatoms. The Morgan fingerprint density at radius 3 is 2.66 bits per heavy atom. The summed E-state index contributed by atoms with van der Waals surface area (Å²) in [6.45, 7) is 1.67. The number of amides is 1. The monoisotopic (exact) mass is 417 g/mol. The second-order valence-corrected chi connectivity index (χ2v) is 6.79. The molecule has 150 valence electrons. The topological polar surface area (TPSA) is 64.0 Å². The summed E-state index contributed by atoms with van der Waals surface area (Å²) in [4.78, 5) is 29.4. The van der Waals surface area contributed by atoms with Gasteiger partial charge in [0, 0.05) is 23.9 Å². The minimum absolute atomic E-state index is 0.0410. The zero-order valence-electron chi connectivity index (χ0n) is 15.6. The zero-order chi connectivity index (χ0) is 21.0. The average molecular weight is 418 g/mol. The van der Waals surface area contributed by atoms with Crippen molar-refractivity contribution in [2.45, 2.75) is 26.4 Å². The maximum absolute atomic E-state index is 13.7. The number of nitrogens with one attached hydrogen (secondary N) is 1. The molecule has 0 aliphatic carbocycles. The Bertz CT molecular complexity index is 1120. The smallest absolute Gasteiger partial charge is 0.254 e. The highest BCUT2D eigenvalue weighted by atomic mass is 35.5. The van der Waals surface area contributed by atoms with Crippen LogP contribution in [0.25, 0.3) is 11.4 Å². The molecule has 3 aromatic rings. The van der Waals surface area contributed by atoms with E-state index in [4.69, 9.17) is 11.6 Å². The number of carbonyl (C=O) groups is 1. The maximum atomic E-state index is 13.7. The van der Waals surface area contributed by atoms with Crippen molar-refractivity contribution >= 4 is 17.5 Å². The molecule has 0 radical (unpaired) electrons. The number of benzene rings is 2. The van der Waals surface area contributed by atoms with Gasteiger partial charge in [0.2, 0.25) is 5.91 Å². The lowest BCUT2D eigenvalue weighted by Crippen LogP contribution is -2.33. The molecule has 0 spiro atoms. The lowest BCUT2D eigenvalue weighted by molar-refractivity contribution is -0.121. The lowest BCUT2D eigenvalue weighted by Gasteiger charge is -2.14. The van der Waals surface area contributed by atoms with Crippen molar-refractivity contribution < 1.29 is 13.6 Å². The van der Waals surface area contributed by atoms with E-state index in [1.54, 1.807) is 6.07 Å². The molecule has 0 aliphatic heterocycles. The predicted octanol–water partition coefficient (Wildman–Crippen LogP) is 3.72. The van der Waals surface area contributed by atoms with Crippen LogP contribution in [0.2, 0.25) is 5.02 Å². The fourth-order valence-electron chi connectivity index (χ4n) is 2.79. The molecule has 0 unspecified atom stereocenters. The Morgan fingerprint density at radius 1 is 1.17 bits per heavy atom. The minimum Gasteiger partial charge on any atom is -0.350 e. The van der Waals surface area contributed by atoms with E-state index in [0.717, 1.165) is 0 Å². The highest BCUT2D eigenvalue weighted by Gasteiger charge is 2.14. The van der Waals surface area contributed by atoms with Crippen LogP contribution in [-0.2, 0) is 24.3 Å². The Morgan fingerprint density at radius 2 is 1.97 bits per heavy atom. The largest absolute Gasteiger partial charge is 0.350 e. The molecule has 1 aromatic heterocycles. The summed E-state index contributed by atoms with van der Waals surface area (Å²) < 4.78 is 28.1. The van der Waals surface area contributed by atoms with E-state index in [0.29, 0.717) is 23.2 Å². The summed E-state index contributed by atoms with van der Waals surface area (Å²) in [5, 5.41) is 2.62. The summed E-state index contributed by atoms with van der Waals surface area (Å²) >= 11 is 5.74. The Hall–Kier alpha value is -3.06. The minimum atomic E-state index is -0.546. The van der Waals surface area contributed by atoms with Crippen molar-refractivity contribution in [1.82, 2.24) is 14.9 Å². The van der Waals surface area contributed by atoms with E-state index in [2.05, 4.69) is 10.3 Å². The van der Waals surface area contributed by atoms with Gasteiger partial charge in [0.15, 0.2) is 0 Å². The van der Waals surface area contributed by atoms with Gasteiger partial charge in [0.25, 0.3) is 5.56 Å². The molecule has 1 amide bonds. The van der Waals surface area contributed by atoms with Gasteiger partial charge in [-0.3, -0.25) is 14.2 Å². The standard InChI is InChI=1S/C21H18ClF2N3O2/c1-2-16-10-20(29)27(21(26-16)14-4-3-5-15(23)9-14)12-19(28)25-11-13-6-7-18(24)17(22)8-13/h3-10H,2,11-12H2,1H3,(H,25,28). The molecule has 1 heterocycles. The van der Waals surface area contributed by atoms with Crippen molar-refractivity contribution in [3.63, 3.8) is 0 Å². The van der Waals surface area contributed by atoms with Crippen LogP contribution >= 0.6 is 11.6 Å². The molecule has 0 saturated carbocycles. The third-order valence-corrected chi connectivity index (χ3v) is 4.57. The highest BCUT2D eigenvalue weighted by molar-refractivity contribution is 6.30.